The minimum atomic E-state index is 0.0983. The summed E-state index contributed by atoms with van der Waals surface area (Å²) in [6.07, 6.45) is 5.22. The van der Waals surface area contributed by atoms with Crippen molar-refractivity contribution in [3.63, 3.8) is 0 Å². The standard InChI is InChI=1S/C14H21N3O/c1-3-9-17(10-11-6-7-11)14(18)12-5-4-8-16-13(12)15-2/h4-5,8,11H,3,6-7,9-10H2,1-2H3,(H,15,16). The molecule has 4 heteroatoms. The summed E-state index contributed by atoms with van der Waals surface area (Å²) in [4.78, 5) is 18.7. The molecule has 1 fully saturated rings. The van der Waals surface area contributed by atoms with E-state index in [2.05, 4.69) is 17.2 Å². The first-order valence-corrected chi connectivity index (χ1v) is 6.68. The van der Waals surface area contributed by atoms with Gasteiger partial charge < -0.3 is 10.2 Å². The molecule has 0 radical (unpaired) electrons. The molecule has 0 aromatic carbocycles. The summed E-state index contributed by atoms with van der Waals surface area (Å²) >= 11 is 0. The molecule has 1 aliphatic rings. The molecule has 1 aromatic heterocycles. The fraction of sp³-hybridized carbons (Fsp3) is 0.571. The Hall–Kier alpha value is -1.58. The topological polar surface area (TPSA) is 45.2 Å². The van der Waals surface area contributed by atoms with E-state index in [0.717, 1.165) is 25.4 Å². The van der Waals surface area contributed by atoms with Crippen LogP contribution in [0.5, 0.6) is 0 Å². The molecule has 1 saturated carbocycles. The van der Waals surface area contributed by atoms with Crippen molar-refractivity contribution in [3.8, 4) is 0 Å². The summed E-state index contributed by atoms with van der Waals surface area (Å²) in [5.74, 6) is 1.48. The van der Waals surface area contributed by atoms with Crippen molar-refractivity contribution in [1.29, 1.82) is 0 Å². The Morgan fingerprint density at radius 2 is 2.33 bits per heavy atom. The van der Waals surface area contributed by atoms with E-state index in [-0.39, 0.29) is 5.91 Å². The molecule has 0 bridgehead atoms. The van der Waals surface area contributed by atoms with Gasteiger partial charge in [-0.1, -0.05) is 6.92 Å². The monoisotopic (exact) mass is 247 g/mol. The zero-order chi connectivity index (χ0) is 13.0. The number of hydrogen-bond acceptors (Lipinski definition) is 3. The lowest BCUT2D eigenvalue weighted by atomic mass is 10.2. The van der Waals surface area contributed by atoms with Gasteiger partial charge in [0.15, 0.2) is 0 Å². The number of pyridine rings is 1. The molecule has 0 spiro atoms. The number of rotatable bonds is 6. The Balaban J connectivity index is 2.15. The van der Waals surface area contributed by atoms with Gasteiger partial charge >= 0.3 is 0 Å². The summed E-state index contributed by atoms with van der Waals surface area (Å²) < 4.78 is 0. The van der Waals surface area contributed by atoms with Crippen LogP contribution in [0.4, 0.5) is 5.82 Å². The van der Waals surface area contributed by atoms with E-state index in [1.807, 2.05) is 17.0 Å². The molecule has 1 heterocycles. The molecule has 0 aliphatic heterocycles. The lowest BCUT2D eigenvalue weighted by molar-refractivity contribution is 0.0748. The van der Waals surface area contributed by atoms with Gasteiger partial charge in [-0.3, -0.25) is 4.79 Å². The molecule has 0 atom stereocenters. The molecule has 2 rings (SSSR count). The lowest BCUT2D eigenvalue weighted by Gasteiger charge is -2.22. The van der Waals surface area contributed by atoms with Crippen LogP contribution in [0.15, 0.2) is 18.3 Å². The molecular formula is C14H21N3O. The zero-order valence-electron chi connectivity index (χ0n) is 11.1. The van der Waals surface area contributed by atoms with Gasteiger partial charge in [0, 0.05) is 26.3 Å². The maximum Gasteiger partial charge on any atom is 0.257 e. The van der Waals surface area contributed by atoms with Gasteiger partial charge in [0.05, 0.1) is 5.56 Å². The minimum Gasteiger partial charge on any atom is -0.372 e. The second-order valence-electron chi connectivity index (χ2n) is 4.84. The van der Waals surface area contributed by atoms with Crippen molar-refractivity contribution in [2.24, 2.45) is 5.92 Å². The van der Waals surface area contributed by atoms with Crippen molar-refractivity contribution in [3.05, 3.63) is 23.9 Å². The quantitative estimate of drug-likeness (QED) is 0.839. The van der Waals surface area contributed by atoms with Gasteiger partial charge in [-0.05, 0) is 37.3 Å². The number of nitrogens with zero attached hydrogens (tertiary/aromatic N) is 2. The number of anilines is 1. The third-order valence-electron chi connectivity index (χ3n) is 3.23. The van der Waals surface area contributed by atoms with Gasteiger partial charge in [-0.25, -0.2) is 4.98 Å². The second kappa shape index (κ2) is 5.85. The molecule has 0 unspecified atom stereocenters. The summed E-state index contributed by atoms with van der Waals surface area (Å²) in [6.45, 7) is 3.83. The van der Waals surface area contributed by atoms with Crippen LogP contribution in [-0.4, -0.2) is 35.9 Å². The van der Waals surface area contributed by atoms with E-state index in [9.17, 15) is 4.79 Å². The smallest absolute Gasteiger partial charge is 0.257 e. The van der Waals surface area contributed by atoms with Gasteiger partial charge in [-0.2, -0.15) is 0 Å². The Morgan fingerprint density at radius 3 is 2.94 bits per heavy atom. The highest BCUT2D eigenvalue weighted by Crippen LogP contribution is 2.30. The molecular weight excluding hydrogens is 226 g/mol. The maximum absolute atomic E-state index is 12.5. The van der Waals surface area contributed by atoms with E-state index in [1.165, 1.54) is 12.8 Å². The largest absolute Gasteiger partial charge is 0.372 e. The van der Waals surface area contributed by atoms with E-state index >= 15 is 0 Å². The van der Waals surface area contributed by atoms with Crippen LogP contribution in [0.1, 0.15) is 36.5 Å². The lowest BCUT2D eigenvalue weighted by Crippen LogP contribution is -2.34. The zero-order valence-corrected chi connectivity index (χ0v) is 11.1. The molecule has 98 valence electrons. The first-order chi connectivity index (χ1) is 8.76. The van der Waals surface area contributed by atoms with Crippen molar-refractivity contribution < 1.29 is 4.79 Å². The predicted molar refractivity (Wildman–Crippen MR) is 72.7 cm³/mol. The normalized spacial score (nSPS) is 14.3. The number of amides is 1. The molecule has 4 nitrogen and oxygen atoms in total. The van der Waals surface area contributed by atoms with E-state index < -0.39 is 0 Å². The predicted octanol–water partition coefficient (Wildman–Crippen LogP) is 2.39. The fourth-order valence-corrected chi connectivity index (χ4v) is 2.11. The van der Waals surface area contributed by atoms with E-state index in [1.54, 1.807) is 13.2 Å². The van der Waals surface area contributed by atoms with Crippen molar-refractivity contribution in [1.82, 2.24) is 9.88 Å². The first-order valence-electron chi connectivity index (χ1n) is 6.68. The Bertz CT molecular complexity index is 415. The maximum atomic E-state index is 12.5. The van der Waals surface area contributed by atoms with E-state index in [0.29, 0.717) is 11.4 Å². The van der Waals surface area contributed by atoms with Crippen LogP contribution >= 0.6 is 0 Å². The van der Waals surface area contributed by atoms with Gasteiger partial charge in [0.1, 0.15) is 5.82 Å². The van der Waals surface area contributed by atoms with Crippen LogP contribution in [0.2, 0.25) is 0 Å². The van der Waals surface area contributed by atoms with Crippen molar-refractivity contribution in [2.45, 2.75) is 26.2 Å². The molecule has 0 saturated heterocycles. The summed E-state index contributed by atoms with van der Waals surface area (Å²) in [6, 6.07) is 3.66. The highest BCUT2D eigenvalue weighted by atomic mass is 16.2. The molecule has 1 amide bonds. The second-order valence-corrected chi connectivity index (χ2v) is 4.84. The number of carbonyl (C=O) groups is 1. The number of hydrogen-bond donors (Lipinski definition) is 1. The van der Waals surface area contributed by atoms with Gasteiger partial charge in [0.2, 0.25) is 0 Å². The van der Waals surface area contributed by atoms with Crippen LogP contribution in [0.3, 0.4) is 0 Å². The average Bonchev–Trinajstić information content (AvgIpc) is 3.21. The average molecular weight is 247 g/mol. The highest BCUT2D eigenvalue weighted by molar-refractivity contribution is 5.98. The number of nitrogens with one attached hydrogen (secondary N) is 1. The Morgan fingerprint density at radius 1 is 1.56 bits per heavy atom. The molecule has 1 aromatic rings. The van der Waals surface area contributed by atoms with Crippen molar-refractivity contribution in [2.75, 3.05) is 25.5 Å². The first kappa shape index (κ1) is 12.9. The number of aromatic nitrogens is 1. The highest BCUT2D eigenvalue weighted by Gasteiger charge is 2.27. The molecule has 1 N–H and O–H groups in total. The van der Waals surface area contributed by atoms with Gasteiger partial charge in [-0.15, -0.1) is 0 Å². The number of carbonyl (C=O) groups excluding carboxylic acids is 1. The molecule has 1 aliphatic carbocycles. The fourth-order valence-electron chi connectivity index (χ4n) is 2.11. The summed E-state index contributed by atoms with van der Waals surface area (Å²) in [7, 11) is 1.80. The Kier molecular flexibility index (Phi) is 4.18. The third kappa shape index (κ3) is 3.00. The van der Waals surface area contributed by atoms with Crippen LogP contribution in [0, 0.1) is 5.92 Å². The van der Waals surface area contributed by atoms with E-state index in [4.69, 9.17) is 0 Å². The molecule has 18 heavy (non-hydrogen) atoms. The SMILES string of the molecule is CCCN(CC1CC1)C(=O)c1cccnc1NC. The summed E-state index contributed by atoms with van der Waals surface area (Å²) in [5.41, 5.74) is 0.675. The summed E-state index contributed by atoms with van der Waals surface area (Å²) in [5, 5.41) is 2.98. The van der Waals surface area contributed by atoms with Crippen LogP contribution < -0.4 is 5.32 Å². The van der Waals surface area contributed by atoms with Gasteiger partial charge in [0.25, 0.3) is 5.91 Å². The van der Waals surface area contributed by atoms with Crippen molar-refractivity contribution >= 4 is 11.7 Å². The minimum absolute atomic E-state index is 0.0983. The van der Waals surface area contributed by atoms with Crippen LogP contribution in [-0.2, 0) is 0 Å². The third-order valence-corrected chi connectivity index (χ3v) is 3.23. The van der Waals surface area contributed by atoms with Crippen LogP contribution in [0.25, 0.3) is 0 Å². The Labute approximate surface area is 108 Å².